The van der Waals surface area contributed by atoms with Crippen molar-refractivity contribution in [2.24, 2.45) is 5.92 Å². The molecule has 1 aliphatic heterocycles. The first kappa shape index (κ1) is 22.3. The SMILES string of the molecule is O=C(NC1CCCCC1)C1CCCN(C(=O)c2nc(-c3ccccc3)n(-c3ccccc3)n2)C1. The summed E-state index contributed by atoms with van der Waals surface area (Å²) in [6.07, 6.45) is 7.35. The predicted molar refractivity (Wildman–Crippen MR) is 130 cm³/mol. The minimum Gasteiger partial charge on any atom is -0.353 e. The molecule has 1 saturated heterocycles. The highest BCUT2D eigenvalue weighted by Gasteiger charge is 2.32. The lowest BCUT2D eigenvalue weighted by Gasteiger charge is -2.33. The Balaban J connectivity index is 1.35. The van der Waals surface area contributed by atoms with Gasteiger partial charge in [-0.3, -0.25) is 9.59 Å². The summed E-state index contributed by atoms with van der Waals surface area (Å²) >= 11 is 0. The molecule has 0 spiro atoms. The van der Waals surface area contributed by atoms with Crippen molar-refractivity contribution in [1.29, 1.82) is 0 Å². The van der Waals surface area contributed by atoms with E-state index < -0.39 is 0 Å². The van der Waals surface area contributed by atoms with Gasteiger partial charge in [-0.1, -0.05) is 67.8 Å². The quantitative estimate of drug-likeness (QED) is 0.622. The fraction of sp³-hybridized carbons (Fsp3) is 0.407. The fourth-order valence-electron chi connectivity index (χ4n) is 5.01. The number of nitrogens with zero attached hydrogens (tertiary/aromatic N) is 4. The molecule has 1 unspecified atom stereocenters. The van der Waals surface area contributed by atoms with Gasteiger partial charge in [0.2, 0.25) is 11.7 Å². The zero-order chi connectivity index (χ0) is 23.3. The molecule has 2 aliphatic rings. The highest BCUT2D eigenvalue weighted by molar-refractivity contribution is 5.92. The molecule has 1 N–H and O–H groups in total. The average molecular weight is 458 g/mol. The van der Waals surface area contributed by atoms with E-state index in [2.05, 4.69) is 15.4 Å². The number of hydrogen-bond acceptors (Lipinski definition) is 4. The van der Waals surface area contributed by atoms with Gasteiger partial charge in [0, 0.05) is 24.7 Å². The molecule has 1 saturated carbocycles. The lowest BCUT2D eigenvalue weighted by atomic mass is 9.93. The minimum atomic E-state index is -0.220. The lowest BCUT2D eigenvalue weighted by Crippen LogP contribution is -2.48. The third kappa shape index (κ3) is 4.88. The lowest BCUT2D eigenvalue weighted by molar-refractivity contribution is -0.127. The van der Waals surface area contributed by atoms with Crippen LogP contribution in [0.3, 0.4) is 0 Å². The van der Waals surface area contributed by atoms with E-state index in [0.717, 1.165) is 36.9 Å². The van der Waals surface area contributed by atoms with Crippen LogP contribution in [0.15, 0.2) is 60.7 Å². The summed E-state index contributed by atoms with van der Waals surface area (Å²) in [6.45, 7) is 1.03. The minimum absolute atomic E-state index is 0.0807. The van der Waals surface area contributed by atoms with Gasteiger partial charge in [-0.05, 0) is 37.8 Å². The maximum absolute atomic E-state index is 13.4. The normalized spacial score (nSPS) is 19.1. The fourth-order valence-corrected chi connectivity index (χ4v) is 5.01. The second kappa shape index (κ2) is 10.2. The zero-order valence-corrected chi connectivity index (χ0v) is 19.4. The van der Waals surface area contributed by atoms with E-state index in [0.29, 0.717) is 18.9 Å². The van der Waals surface area contributed by atoms with E-state index in [1.165, 1.54) is 19.3 Å². The molecule has 1 atom stereocenters. The van der Waals surface area contributed by atoms with Crippen LogP contribution in [0.4, 0.5) is 0 Å². The number of hydrogen-bond donors (Lipinski definition) is 1. The summed E-state index contributed by atoms with van der Waals surface area (Å²) < 4.78 is 1.72. The largest absolute Gasteiger partial charge is 0.353 e. The molecule has 3 aromatic rings. The third-order valence-electron chi connectivity index (χ3n) is 6.86. The van der Waals surface area contributed by atoms with Crippen LogP contribution in [0.5, 0.6) is 0 Å². The van der Waals surface area contributed by atoms with Crippen molar-refractivity contribution in [2.45, 2.75) is 51.0 Å². The van der Waals surface area contributed by atoms with Gasteiger partial charge in [-0.25, -0.2) is 9.67 Å². The molecule has 176 valence electrons. The molecule has 2 aromatic carbocycles. The van der Waals surface area contributed by atoms with Crippen molar-refractivity contribution in [3.63, 3.8) is 0 Å². The van der Waals surface area contributed by atoms with Crippen LogP contribution in [0.2, 0.25) is 0 Å². The van der Waals surface area contributed by atoms with Crippen molar-refractivity contribution >= 4 is 11.8 Å². The Morgan fingerprint density at radius 3 is 2.29 bits per heavy atom. The number of piperidine rings is 1. The molecule has 7 nitrogen and oxygen atoms in total. The molecular weight excluding hydrogens is 426 g/mol. The van der Waals surface area contributed by atoms with Gasteiger partial charge < -0.3 is 10.2 Å². The van der Waals surface area contributed by atoms with Gasteiger partial charge in [-0.2, -0.15) is 0 Å². The predicted octanol–water partition coefficient (Wildman–Crippen LogP) is 4.24. The van der Waals surface area contributed by atoms with Gasteiger partial charge in [-0.15, -0.1) is 5.10 Å². The summed E-state index contributed by atoms with van der Waals surface area (Å²) in [6, 6.07) is 19.8. The number of para-hydroxylation sites is 1. The molecule has 1 aliphatic carbocycles. The van der Waals surface area contributed by atoms with E-state index >= 15 is 0 Å². The standard InChI is InChI=1S/C27H31N5O2/c33-26(28-22-14-6-2-7-15-22)21-13-10-18-31(19-21)27(34)24-29-25(20-11-4-1-5-12-20)32(30-24)23-16-8-3-9-17-23/h1,3-5,8-9,11-12,16-17,21-22H,2,6-7,10,13-15,18-19H2,(H,28,33). The van der Waals surface area contributed by atoms with E-state index in [1.807, 2.05) is 60.7 Å². The maximum Gasteiger partial charge on any atom is 0.293 e. The van der Waals surface area contributed by atoms with Crippen LogP contribution in [0, 0.1) is 5.92 Å². The van der Waals surface area contributed by atoms with Crippen LogP contribution in [-0.4, -0.2) is 50.6 Å². The molecule has 7 heteroatoms. The summed E-state index contributed by atoms with van der Waals surface area (Å²) in [5, 5.41) is 7.84. The van der Waals surface area contributed by atoms with Crippen molar-refractivity contribution in [3.05, 3.63) is 66.5 Å². The average Bonchev–Trinajstić information content (AvgIpc) is 3.35. The topological polar surface area (TPSA) is 80.1 Å². The summed E-state index contributed by atoms with van der Waals surface area (Å²) in [5.74, 6) is 0.471. The number of carbonyl (C=O) groups is 2. The Bertz CT molecular complexity index is 1070. The molecule has 5 rings (SSSR count). The molecule has 2 amide bonds. The molecule has 0 bridgehead atoms. The van der Waals surface area contributed by atoms with Gasteiger partial charge in [0.25, 0.3) is 5.91 Å². The van der Waals surface area contributed by atoms with Crippen LogP contribution < -0.4 is 5.32 Å². The number of rotatable bonds is 5. The number of amides is 2. The van der Waals surface area contributed by atoms with Crippen molar-refractivity contribution in [3.8, 4) is 17.1 Å². The molecule has 2 heterocycles. The Hall–Kier alpha value is -3.48. The number of benzene rings is 2. The number of aromatic nitrogens is 3. The zero-order valence-electron chi connectivity index (χ0n) is 19.4. The number of likely N-dealkylation sites (tertiary alicyclic amines) is 1. The Labute approximate surface area is 200 Å². The van der Waals surface area contributed by atoms with Crippen LogP contribution in [0.25, 0.3) is 17.1 Å². The number of carbonyl (C=O) groups excluding carboxylic acids is 2. The highest BCUT2D eigenvalue weighted by Crippen LogP contribution is 2.24. The summed E-state index contributed by atoms with van der Waals surface area (Å²) in [5.41, 5.74) is 1.73. The Kier molecular flexibility index (Phi) is 6.70. The molecule has 1 aromatic heterocycles. The first-order valence-electron chi connectivity index (χ1n) is 12.4. The smallest absolute Gasteiger partial charge is 0.293 e. The van der Waals surface area contributed by atoms with Crippen LogP contribution in [-0.2, 0) is 4.79 Å². The van der Waals surface area contributed by atoms with Crippen molar-refractivity contribution in [1.82, 2.24) is 25.0 Å². The maximum atomic E-state index is 13.4. The Morgan fingerprint density at radius 1 is 0.853 bits per heavy atom. The van der Waals surface area contributed by atoms with Crippen molar-refractivity contribution in [2.75, 3.05) is 13.1 Å². The molecule has 2 fully saturated rings. The van der Waals surface area contributed by atoms with E-state index in [4.69, 9.17) is 0 Å². The highest BCUT2D eigenvalue weighted by atomic mass is 16.2. The van der Waals surface area contributed by atoms with Gasteiger partial charge >= 0.3 is 0 Å². The summed E-state index contributed by atoms with van der Waals surface area (Å²) in [4.78, 5) is 32.8. The van der Waals surface area contributed by atoms with E-state index in [1.54, 1.807) is 9.58 Å². The monoisotopic (exact) mass is 457 g/mol. The first-order chi connectivity index (χ1) is 16.7. The van der Waals surface area contributed by atoms with Crippen LogP contribution >= 0.6 is 0 Å². The number of nitrogens with one attached hydrogen (secondary N) is 1. The molecule has 34 heavy (non-hydrogen) atoms. The van der Waals surface area contributed by atoms with Gasteiger partial charge in [0.1, 0.15) is 0 Å². The molecule has 0 radical (unpaired) electrons. The first-order valence-corrected chi connectivity index (χ1v) is 12.4. The summed E-state index contributed by atoms with van der Waals surface area (Å²) in [7, 11) is 0. The van der Waals surface area contributed by atoms with E-state index in [-0.39, 0.29) is 29.6 Å². The second-order valence-electron chi connectivity index (χ2n) is 9.31. The van der Waals surface area contributed by atoms with Gasteiger partial charge in [0.05, 0.1) is 11.6 Å². The molecular formula is C27H31N5O2. The van der Waals surface area contributed by atoms with Gasteiger partial charge in [0.15, 0.2) is 5.82 Å². The third-order valence-corrected chi connectivity index (χ3v) is 6.86. The van der Waals surface area contributed by atoms with E-state index in [9.17, 15) is 9.59 Å². The Morgan fingerprint density at radius 2 is 1.56 bits per heavy atom. The van der Waals surface area contributed by atoms with Crippen LogP contribution in [0.1, 0.15) is 55.6 Å². The second-order valence-corrected chi connectivity index (χ2v) is 9.31. The van der Waals surface area contributed by atoms with Crippen molar-refractivity contribution < 1.29 is 9.59 Å².